The number of benzene rings is 1. The average molecular weight is 516 g/mol. The van der Waals surface area contributed by atoms with Crippen LogP contribution in [0.4, 0.5) is 0 Å². The Morgan fingerprint density at radius 1 is 1.18 bits per heavy atom. The largest absolute Gasteiger partial charge is 0.348 e. The normalized spacial score (nSPS) is 11.6. The SMILES string of the molecule is CNCCN(C)Cc1cccc(-c2cc(C(=O)NCc3c(C)cc(C)[nH]c3=O)c3cnn(C(C)C)c3n2)c1. The number of likely N-dealkylation sites (N-methyl/N-ethyl adjacent to an activating group) is 2. The Morgan fingerprint density at radius 3 is 2.68 bits per heavy atom. The Hall–Kier alpha value is -3.82. The molecule has 38 heavy (non-hydrogen) atoms. The molecule has 0 saturated heterocycles. The van der Waals surface area contributed by atoms with Crippen LogP contribution in [0.1, 0.15) is 52.6 Å². The molecular formula is C29H37N7O2. The highest BCUT2D eigenvalue weighted by Crippen LogP contribution is 2.27. The molecule has 3 aromatic heterocycles. The fourth-order valence-corrected chi connectivity index (χ4v) is 4.62. The zero-order valence-electron chi connectivity index (χ0n) is 23.1. The van der Waals surface area contributed by atoms with Crippen molar-refractivity contribution in [3.8, 4) is 11.3 Å². The van der Waals surface area contributed by atoms with Crippen LogP contribution in [0.3, 0.4) is 0 Å². The minimum atomic E-state index is -0.274. The van der Waals surface area contributed by atoms with Gasteiger partial charge >= 0.3 is 0 Å². The summed E-state index contributed by atoms with van der Waals surface area (Å²) in [5.41, 5.74) is 5.93. The van der Waals surface area contributed by atoms with Gasteiger partial charge in [0.05, 0.1) is 22.8 Å². The molecule has 0 fully saturated rings. The maximum absolute atomic E-state index is 13.5. The standard InChI is InChI=1S/C29H37N7O2/c1-18(2)36-27-25(16-32-36)23(28(37)31-15-24-19(3)12-20(4)33-29(24)38)14-26(34-27)22-9-7-8-21(13-22)17-35(6)11-10-30-5/h7-9,12-14,16,18,30H,10-11,15,17H2,1-6H3,(H,31,37)(H,33,38). The van der Waals surface area contributed by atoms with Crippen LogP contribution in [-0.2, 0) is 13.1 Å². The lowest BCUT2D eigenvalue weighted by atomic mass is 10.0. The molecule has 200 valence electrons. The van der Waals surface area contributed by atoms with Gasteiger partial charge in [0.15, 0.2) is 5.65 Å². The van der Waals surface area contributed by atoms with Crippen molar-refractivity contribution in [1.82, 2.24) is 35.3 Å². The van der Waals surface area contributed by atoms with Crippen LogP contribution in [0.25, 0.3) is 22.3 Å². The molecule has 4 aromatic rings. The predicted molar refractivity (Wildman–Crippen MR) is 151 cm³/mol. The van der Waals surface area contributed by atoms with Gasteiger partial charge < -0.3 is 20.5 Å². The minimum Gasteiger partial charge on any atom is -0.348 e. The maximum Gasteiger partial charge on any atom is 0.253 e. The Balaban J connectivity index is 1.70. The number of aromatic nitrogens is 4. The number of aryl methyl sites for hydroxylation is 2. The van der Waals surface area contributed by atoms with E-state index < -0.39 is 0 Å². The van der Waals surface area contributed by atoms with E-state index >= 15 is 0 Å². The number of pyridine rings is 2. The first-order valence-electron chi connectivity index (χ1n) is 13.0. The van der Waals surface area contributed by atoms with Gasteiger partial charge in [-0.25, -0.2) is 9.67 Å². The summed E-state index contributed by atoms with van der Waals surface area (Å²) in [7, 11) is 4.05. The Bertz CT molecular complexity index is 1500. The predicted octanol–water partition coefficient (Wildman–Crippen LogP) is 3.57. The molecule has 0 aliphatic carbocycles. The van der Waals surface area contributed by atoms with E-state index in [2.05, 4.69) is 44.8 Å². The third-order valence-corrected chi connectivity index (χ3v) is 6.64. The third kappa shape index (κ3) is 6.00. The molecule has 1 amide bonds. The number of nitrogens with zero attached hydrogens (tertiary/aromatic N) is 4. The zero-order chi connectivity index (χ0) is 27.4. The van der Waals surface area contributed by atoms with E-state index in [9.17, 15) is 9.59 Å². The van der Waals surface area contributed by atoms with Crippen LogP contribution in [0.5, 0.6) is 0 Å². The smallest absolute Gasteiger partial charge is 0.253 e. The highest BCUT2D eigenvalue weighted by molar-refractivity contribution is 6.06. The zero-order valence-corrected chi connectivity index (χ0v) is 23.1. The summed E-state index contributed by atoms with van der Waals surface area (Å²) in [6.45, 7) is 10.6. The van der Waals surface area contributed by atoms with E-state index in [1.807, 2.05) is 63.7 Å². The Kier molecular flexibility index (Phi) is 8.38. The van der Waals surface area contributed by atoms with Gasteiger partial charge in [-0.1, -0.05) is 18.2 Å². The number of rotatable bonds is 10. The van der Waals surface area contributed by atoms with E-state index in [1.54, 1.807) is 6.20 Å². The van der Waals surface area contributed by atoms with Gasteiger partial charge in [-0.15, -0.1) is 0 Å². The number of nitrogens with one attached hydrogen (secondary N) is 3. The fraction of sp³-hybridized carbons (Fsp3) is 0.379. The van der Waals surface area contributed by atoms with Crippen molar-refractivity contribution >= 4 is 16.9 Å². The molecule has 9 heteroatoms. The molecule has 1 aromatic carbocycles. The molecule has 3 heterocycles. The third-order valence-electron chi connectivity index (χ3n) is 6.64. The lowest BCUT2D eigenvalue weighted by molar-refractivity contribution is 0.0952. The first kappa shape index (κ1) is 27.2. The molecule has 9 nitrogen and oxygen atoms in total. The summed E-state index contributed by atoms with van der Waals surface area (Å²) in [5, 5.41) is 11.3. The van der Waals surface area contributed by atoms with Crippen molar-refractivity contribution in [3.63, 3.8) is 0 Å². The molecule has 0 aliphatic rings. The highest BCUT2D eigenvalue weighted by Gasteiger charge is 2.19. The molecule has 4 rings (SSSR count). The molecule has 3 N–H and O–H groups in total. The number of carbonyl (C=O) groups is 1. The summed E-state index contributed by atoms with van der Waals surface area (Å²) in [6.07, 6.45) is 1.69. The fourth-order valence-electron chi connectivity index (χ4n) is 4.62. The Labute approximate surface area is 223 Å². The van der Waals surface area contributed by atoms with Crippen LogP contribution in [0.15, 0.2) is 47.4 Å². The molecule has 0 aliphatic heterocycles. The van der Waals surface area contributed by atoms with Gasteiger partial charge in [0.1, 0.15) is 0 Å². The molecule has 0 bridgehead atoms. The van der Waals surface area contributed by atoms with E-state index in [-0.39, 0.29) is 24.1 Å². The van der Waals surface area contributed by atoms with Crippen molar-refractivity contribution in [2.24, 2.45) is 0 Å². The molecular weight excluding hydrogens is 478 g/mol. The first-order chi connectivity index (χ1) is 18.2. The lowest BCUT2D eigenvalue weighted by Gasteiger charge is -2.17. The minimum absolute atomic E-state index is 0.0760. The quantitative estimate of drug-likeness (QED) is 0.298. The van der Waals surface area contributed by atoms with E-state index in [0.29, 0.717) is 27.9 Å². The van der Waals surface area contributed by atoms with Crippen molar-refractivity contribution in [3.05, 3.63) is 80.9 Å². The van der Waals surface area contributed by atoms with Crippen molar-refractivity contribution in [2.75, 3.05) is 27.2 Å². The van der Waals surface area contributed by atoms with E-state index in [1.165, 1.54) is 5.56 Å². The average Bonchev–Trinajstić information content (AvgIpc) is 3.30. The molecule has 0 radical (unpaired) electrons. The monoisotopic (exact) mass is 515 g/mol. The number of hydrogen-bond acceptors (Lipinski definition) is 6. The van der Waals surface area contributed by atoms with Crippen molar-refractivity contribution < 1.29 is 4.79 Å². The number of amides is 1. The van der Waals surface area contributed by atoms with Crippen LogP contribution in [0, 0.1) is 13.8 Å². The number of aromatic amines is 1. The summed E-state index contributed by atoms with van der Waals surface area (Å²) in [6, 6.07) is 12.1. The van der Waals surface area contributed by atoms with Gasteiger partial charge in [-0.3, -0.25) is 9.59 Å². The van der Waals surface area contributed by atoms with Crippen LogP contribution in [-0.4, -0.2) is 57.7 Å². The first-order valence-corrected chi connectivity index (χ1v) is 13.0. The van der Waals surface area contributed by atoms with Gasteiger partial charge in [0.2, 0.25) is 0 Å². The molecule has 0 spiro atoms. The molecule has 0 atom stereocenters. The number of hydrogen-bond donors (Lipinski definition) is 3. The van der Waals surface area contributed by atoms with Crippen LogP contribution >= 0.6 is 0 Å². The van der Waals surface area contributed by atoms with Crippen LogP contribution in [0.2, 0.25) is 0 Å². The van der Waals surface area contributed by atoms with E-state index in [4.69, 9.17) is 4.98 Å². The summed E-state index contributed by atoms with van der Waals surface area (Å²) < 4.78 is 1.83. The second-order valence-corrected chi connectivity index (χ2v) is 10.1. The molecule has 0 unspecified atom stereocenters. The van der Waals surface area contributed by atoms with E-state index in [0.717, 1.165) is 36.5 Å². The highest BCUT2D eigenvalue weighted by atomic mass is 16.1. The second-order valence-electron chi connectivity index (χ2n) is 10.1. The van der Waals surface area contributed by atoms with Crippen molar-refractivity contribution in [1.29, 1.82) is 0 Å². The summed E-state index contributed by atoms with van der Waals surface area (Å²) in [5.74, 6) is -0.274. The Morgan fingerprint density at radius 2 is 1.97 bits per heavy atom. The van der Waals surface area contributed by atoms with Gasteiger partial charge in [-0.2, -0.15) is 5.10 Å². The molecule has 0 saturated carbocycles. The van der Waals surface area contributed by atoms with Gasteiger partial charge in [0, 0.05) is 49.0 Å². The number of carbonyl (C=O) groups excluding carboxylic acids is 1. The number of fused-ring (bicyclic) bond motifs is 1. The number of H-pyrrole nitrogens is 1. The second kappa shape index (κ2) is 11.7. The summed E-state index contributed by atoms with van der Waals surface area (Å²) >= 11 is 0. The summed E-state index contributed by atoms with van der Waals surface area (Å²) in [4.78, 5) is 36.0. The van der Waals surface area contributed by atoms with Gasteiger partial charge in [0.25, 0.3) is 11.5 Å². The van der Waals surface area contributed by atoms with Gasteiger partial charge in [-0.05, 0) is 71.1 Å². The topological polar surface area (TPSA) is 108 Å². The maximum atomic E-state index is 13.5. The lowest BCUT2D eigenvalue weighted by Crippen LogP contribution is -2.28. The van der Waals surface area contributed by atoms with Crippen LogP contribution < -0.4 is 16.2 Å². The van der Waals surface area contributed by atoms with Crippen molar-refractivity contribution in [2.45, 2.75) is 46.8 Å².